The minimum atomic E-state index is 0.198. The predicted molar refractivity (Wildman–Crippen MR) is 86.6 cm³/mol. The van der Waals surface area contributed by atoms with Crippen molar-refractivity contribution >= 4 is 33.0 Å². The summed E-state index contributed by atoms with van der Waals surface area (Å²) in [5.74, 6) is 0. The van der Waals surface area contributed by atoms with Gasteiger partial charge < -0.3 is 5.32 Å². The number of likely N-dealkylation sites (N-methyl/N-ethyl adjacent to an activating group) is 1. The highest BCUT2D eigenvalue weighted by Gasteiger charge is 2.15. The van der Waals surface area contributed by atoms with E-state index in [1.807, 2.05) is 13.1 Å². The first-order valence-electron chi connectivity index (χ1n) is 6.51. The predicted octanol–water partition coefficient (Wildman–Crippen LogP) is 4.45. The van der Waals surface area contributed by atoms with Gasteiger partial charge in [-0.15, -0.1) is 11.3 Å². The maximum absolute atomic E-state index is 6.26. The quantitative estimate of drug-likeness (QED) is 0.770. The molecular weight excluding hydrogens is 288 g/mol. The van der Waals surface area contributed by atoms with Crippen LogP contribution in [0.15, 0.2) is 48.1 Å². The molecule has 0 aliphatic rings. The number of nitrogens with one attached hydrogen (secondary N) is 1. The number of fused-ring (bicyclic) bond motifs is 1. The van der Waals surface area contributed by atoms with Crippen LogP contribution < -0.4 is 5.32 Å². The number of pyridine rings is 1. The Hall–Kier alpha value is -1.42. The number of rotatable bonds is 4. The van der Waals surface area contributed by atoms with Gasteiger partial charge in [0.2, 0.25) is 0 Å². The maximum Gasteiger partial charge on any atom is 0.0637 e. The van der Waals surface area contributed by atoms with Crippen LogP contribution in [-0.4, -0.2) is 12.0 Å². The Morgan fingerprint density at radius 1 is 1.30 bits per heavy atom. The maximum atomic E-state index is 6.26. The Bertz CT molecular complexity index is 723. The summed E-state index contributed by atoms with van der Waals surface area (Å²) in [4.78, 5) is 4.05. The van der Waals surface area contributed by atoms with Crippen molar-refractivity contribution in [1.29, 1.82) is 0 Å². The van der Waals surface area contributed by atoms with E-state index in [0.29, 0.717) is 5.02 Å². The van der Waals surface area contributed by atoms with E-state index in [4.69, 9.17) is 11.6 Å². The number of benzene rings is 1. The third-order valence-corrected chi connectivity index (χ3v) is 4.84. The van der Waals surface area contributed by atoms with Crippen molar-refractivity contribution in [2.24, 2.45) is 0 Å². The summed E-state index contributed by atoms with van der Waals surface area (Å²) in [5, 5.41) is 7.65. The van der Waals surface area contributed by atoms with Crippen LogP contribution in [0.5, 0.6) is 0 Å². The molecule has 1 atom stereocenters. The van der Waals surface area contributed by atoms with E-state index in [9.17, 15) is 0 Å². The van der Waals surface area contributed by atoms with E-state index in [1.165, 1.54) is 15.6 Å². The molecule has 0 spiro atoms. The fourth-order valence-corrected chi connectivity index (χ4v) is 3.67. The summed E-state index contributed by atoms with van der Waals surface area (Å²) in [6, 6.07) is 10.7. The molecule has 0 amide bonds. The van der Waals surface area contributed by atoms with E-state index >= 15 is 0 Å². The Morgan fingerprint density at radius 3 is 2.95 bits per heavy atom. The van der Waals surface area contributed by atoms with E-state index in [2.05, 4.69) is 39.9 Å². The topological polar surface area (TPSA) is 24.9 Å². The van der Waals surface area contributed by atoms with Gasteiger partial charge >= 0.3 is 0 Å². The fraction of sp³-hybridized carbons (Fsp3) is 0.188. The zero-order valence-corrected chi connectivity index (χ0v) is 12.7. The first-order valence-corrected chi connectivity index (χ1v) is 7.77. The number of aromatic nitrogens is 1. The van der Waals surface area contributed by atoms with E-state index in [0.717, 1.165) is 12.0 Å². The van der Waals surface area contributed by atoms with Crippen molar-refractivity contribution in [3.05, 3.63) is 64.3 Å². The van der Waals surface area contributed by atoms with Gasteiger partial charge in [0.1, 0.15) is 0 Å². The van der Waals surface area contributed by atoms with Gasteiger partial charge in [0.05, 0.1) is 5.02 Å². The summed E-state index contributed by atoms with van der Waals surface area (Å²) in [7, 11) is 1.97. The van der Waals surface area contributed by atoms with Crippen LogP contribution in [0.25, 0.3) is 10.1 Å². The molecule has 0 saturated heterocycles. The Labute approximate surface area is 127 Å². The average molecular weight is 303 g/mol. The van der Waals surface area contributed by atoms with E-state index in [-0.39, 0.29) is 6.04 Å². The zero-order chi connectivity index (χ0) is 13.9. The van der Waals surface area contributed by atoms with Crippen LogP contribution in [0.1, 0.15) is 17.2 Å². The van der Waals surface area contributed by atoms with Gasteiger partial charge in [0.15, 0.2) is 0 Å². The molecule has 102 valence electrons. The van der Waals surface area contributed by atoms with Crippen molar-refractivity contribution in [2.75, 3.05) is 7.05 Å². The van der Waals surface area contributed by atoms with Gasteiger partial charge in [-0.25, -0.2) is 0 Å². The molecule has 0 saturated carbocycles. The lowest BCUT2D eigenvalue weighted by atomic mass is 9.99. The minimum Gasteiger partial charge on any atom is -0.313 e. The third-order valence-electron chi connectivity index (χ3n) is 3.51. The molecule has 0 fully saturated rings. The molecule has 3 aromatic rings. The molecule has 3 rings (SSSR count). The highest BCUT2D eigenvalue weighted by Crippen LogP contribution is 2.31. The molecular formula is C16H15ClN2S. The summed E-state index contributed by atoms with van der Waals surface area (Å²) < 4.78 is 1.33. The van der Waals surface area contributed by atoms with Crippen LogP contribution in [0, 0.1) is 0 Å². The van der Waals surface area contributed by atoms with Gasteiger partial charge in [-0.05, 0) is 47.5 Å². The molecule has 1 unspecified atom stereocenters. The summed E-state index contributed by atoms with van der Waals surface area (Å²) in [6.45, 7) is 0. The number of nitrogens with zero attached hydrogens (tertiary/aromatic N) is 1. The van der Waals surface area contributed by atoms with Gasteiger partial charge in [-0.1, -0.05) is 29.8 Å². The second kappa shape index (κ2) is 5.92. The Morgan fingerprint density at radius 2 is 2.15 bits per heavy atom. The SMILES string of the molecule is CNC(Cc1csc2ccccc12)c1ccncc1Cl. The van der Waals surface area contributed by atoms with Gasteiger partial charge in [-0.3, -0.25) is 4.98 Å². The van der Waals surface area contributed by atoms with E-state index < -0.39 is 0 Å². The number of thiophene rings is 1. The second-order valence-electron chi connectivity index (χ2n) is 4.70. The molecule has 0 aliphatic heterocycles. The van der Waals surface area contributed by atoms with Crippen LogP contribution in [0.4, 0.5) is 0 Å². The summed E-state index contributed by atoms with van der Waals surface area (Å²) in [5.41, 5.74) is 2.46. The zero-order valence-electron chi connectivity index (χ0n) is 11.1. The standard InChI is InChI=1S/C16H15ClN2S/c1-18-15(13-6-7-19-9-14(13)17)8-11-10-20-16-5-3-2-4-12(11)16/h2-7,9-10,15,18H,8H2,1H3. The fourth-order valence-electron chi connectivity index (χ4n) is 2.45. The van der Waals surface area contributed by atoms with Crippen LogP contribution in [-0.2, 0) is 6.42 Å². The van der Waals surface area contributed by atoms with Crippen LogP contribution >= 0.6 is 22.9 Å². The Balaban J connectivity index is 1.94. The molecule has 2 nitrogen and oxygen atoms in total. The van der Waals surface area contributed by atoms with Crippen LogP contribution in [0.3, 0.4) is 0 Å². The average Bonchev–Trinajstić information content (AvgIpc) is 2.89. The Kier molecular flexibility index (Phi) is 4.01. The van der Waals surface area contributed by atoms with Crippen molar-refractivity contribution in [3.8, 4) is 0 Å². The lowest BCUT2D eigenvalue weighted by molar-refractivity contribution is 0.594. The molecule has 0 bridgehead atoms. The molecule has 1 N–H and O–H groups in total. The molecule has 20 heavy (non-hydrogen) atoms. The number of hydrogen-bond donors (Lipinski definition) is 1. The monoisotopic (exact) mass is 302 g/mol. The van der Waals surface area contributed by atoms with Gasteiger partial charge in [-0.2, -0.15) is 0 Å². The van der Waals surface area contributed by atoms with Crippen molar-refractivity contribution < 1.29 is 0 Å². The van der Waals surface area contributed by atoms with Crippen LogP contribution in [0.2, 0.25) is 5.02 Å². The third kappa shape index (κ3) is 2.57. The smallest absolute Gasteiger partial charge is 0.0637 e. The second-order valence-corrected chi connectivity index (χ2v) is 6.02. The first-order chi connectivity index (χ1) is 9.79. The first kappa shape index (κ1) is 13.6. The molecule has 0 radical (unpaired) electrons. The summed E-state index contributed by atoms with van der Waals surface area (Å²) >= 11 is 8.05. The lowest BCUT2D eigenvalue weighted by Crippen LogP contribution is -2.19. The molecule has 0 aliphatic carbocycles. The number of hydrogen-bond acceptors (Lipinski definition) is 3. The van der Waals surface area contributed by atoms with Crippen molar-refractivity contribution in [3.63, 3.8) is 0 Å². The lowest BCUT2D eigenvalue weighted by Gasteiger charge is -2.17. The normalized spacial score (nSPS) is 12.7. The van der Waals surface area contributed by atoms with Gasteiger partial charge in [0, 0.05) is 23.1 Å². The highest BCUT2D eigenvalue weighted by molar-refractivity contribution is 7.17. The van der Waals surface area contributed by atoms with E-state index in [1.54, 1.807) is 23.7 Å². The number of halogens is 1. The molecule has 4 heteroatoms. The summed E-state index contributed by atoms with van der Waals surface area (Å²) in [6.07, 6.45) is 4.41. The van der Waals surface area contributed by atoms with Gasteiger partial charge in [0.25, 0.3) is 0 Å². The largest absolute Gasteiger partial charge is 0.313 e. The molecule has 1 aromatic carbocycles. The van der Waals surface area contributed by atoms with Crippen molar-refractivity contribution in [1.82, 2.24) is 10.3 Å². The molecule has 2 heterocycles. The minimum absolute atomic E-state index is 0.198. The highest BCUT2D eigenvalue weighted by atomic mass is 35.5. The van der Waals surface area contributed by atoms with Crippen molar-refractivity contribution in [2.45, 2.75) is 12.5 Å². The molecule has 2 aromatic heterocycles.